The normalized spacial score (nSPS) is 11.6. The van der Waals surface area contributed by atoms with Gasteiger partial charge in [-0.3, -0.25) is 9.78 Å². The van der Waals surface area contributed by atoms with Gasteiger partial charge in [0.05, 0.1) is 11.7 Å². The van der Waals surface area contributed by atoms with Crippen molar-refractivity contribution in [3.8, 4) is 11.6 Å². The van der Waals surface area contributed by atoms with Gasteiger partial charge in [-0.15, -0.1) is 0 Å². The maximum absolute atomic E-state index is 13.0. The lowest BCUT2D eigenvalue weighted by atomic mass is 10.1. The lowest BCUT2D eigenvalue weighted by Crippen LogP contribution is -2.24. The molecule has 1 aromatic carbocycles. The molecule has 8 nitrogen and oxygen atoms in total. The lowest BCUT2D eigenvalue weighted by Gasteiger charge is -2.19. The van der Waals surface area contributed by atoms with E-state index in [-0.39, 0.29) is 16.9 Å². The average molecular weight is 408 g/mol. The van der Waals surface area contributed by atoms with Gasteiger partial charge in [-0.25, -0.2) is 14.1 Å². The molecule has 0 fully saturated rings. The number of fused-ring (bicyclic) bond motifs is 1. The van der Waals surface area contributed by atoms with E-state index in [1.807, 2.05) is 26.8 Å². The van der Waals surface area contributed by atoms with Gasteiger partial charge in [0.2, 0.25) is 11.8 Å². The number of ether oxygens (including phenoxy) is 1. The fourth-order valence-electron chi connectivity index (χ4n) is 2.92. The quantitative estimate of drug-likeness (QED) is 0.521. The molecule has 9 heteroatoms. The largest absolute Gasteiger partial charge is 0.439 e. The molecule has 0 saturated carbocycles. The standard InChI is InChI=1S/C21H21FN6O2/c1-21(2,3)28-18-16(12-25-28)19(29)27-20(26-18)24-11-13-8-9-23-17(10-13)30-15-6-4-14(22)5-7-15/h4-10,12H,11H2,1-3H3,(H2,24,26,27,29). The number of nitrogens with one attached hydrogen (secondary N) is 2. The molecule has 0 unspecified atom stereocenters. The van der Waals surface area contributed by atoms with E-state index in [9.17, 15) is 9.18 Å². The van der Waals surface area contributed by atoms with Gasteiger partial charge in [-0.1, -0.05) is 0 Å². The van der Waals surface area contributed by atoms with Crippen LogP contribution in [0.2, 0.25) is 0 Å². The number of pyridine rings is 1. The number of hydrogen-bond donors (Lipinski definition) is 2. The van der Waals surface area contributed by atoms with Gasteiger partial charge < -0.3 is 10.1 Å². The number of benzene rings is 1. The van der Waals surface area contributed by atoms with Gasteiger partial charge in [-0.2, -0.15) is 10.1 Å². The van der Waals surface area contributed by atoms with Crippen LogP contribution in [0.15, 0.2) is 53.6 Å². The molecule has 0 radical (unpaired) electrons. The summed E-state index contributed by atoms with van der Waals surface area (Å²) < 4.78 is 20.4. The summed E-state index contributed by atoms with van der Waals surface area (Å²) >= 11 is 0. The summed E-state index contributed by atoms with van der Waals surface area (Å²) in [5.74, 6) is 0.875. The number of aromatic amines is 1. The number of halogens is 1. The molecule has 0 aliphatic carbocycles. The molecule has 154 valence electrons. The van der Waals surface area contributed by atoms with Crippen molar-refractivity contribution in [3.63, 3.8) is 0 Å². The molecule has 3 heterocycles. The molecular formula is C21H21FN6O2. The van der Waals surface area contributed by atoms with Crippen LogP contribution in [0.1, 0.15) is 26.3 Å². The van der Waals surface area contributed by atoms with Crippen molar-refractivity contribution in [1.82, 2.24) is 24.7 Å². The van der Waals surface area contributed by atoms with Crippen LogP contribution in [-0.2, 0) is 12.1 Å². The summed E-state index contributed by atoms with van der Waals surface area (Å²) in [6, 6.07) is 9.28. The smallest absolute Gasteiger partial charge is 0.263 e. The SMILES string of the molecule is CC(C)(C)n1ncc2c(=O)[nH]c(NCc3ccnc(Oc4ccc(F)cc4)c3)nc21. The minimum Gasteiger partial charge on any atom is -0.439 e. The van der Waals surface area contributed by atoms with Gasteiger partial charge >= 0.3 is 0 Å². The molecule has 2 N–H and O–H groups in total. The Morgan fingerprint density at radius 1 is 1.20 bits per heavy atom. The minimum atomic E-state index is -0.334. The van der Waals surface area contributed by atoms with Gasteiger partial charge in [-0.05, 0) is 56.7 Å². The monoisotopic (exact) mass is 408 g/mol. The van der Waals surface area contributed by atoms with Crippen LogP contribution in [0, 0.1) is 5.82 Å². The molecule has 0 saturated heterocycles. The lowest BCUT2D eigenvalue weighted by molar-refractivity contribution is 0.366. The molecule has 0 amide bonds. The topological polar surface area (TPSA) is 97.7 Å². The second kappa shape index (κ2) is 7.58. The highest BCUT2D eigenvalue weighted by atomic mass is 19.1. The van der Waals surface area contributed by atoms with E-state index in [0.29, 0.717) is 35.2 Å². The van der Waals surface area contributed by atoms with E-state index < -0.39 is 0 Å². The molecule has 4 aromatic rings. The molecule has 0 atom stereocenters. The Morgan fingerprint density at radius 3 is 2.70 bits per heavy atom. The predicted molar refractivity (Wildman–Crippen MR) is 111 cm³/mol. The van der Waals surface area contributed by atoms with Crippen LogP contribution in [0.25, 0.3) is 11.0 Å². The Labute approximate surface area is 171 Å². The number of rotatable bonds is 5. The number of H-pyrrole nitrogens is 1. The van der Waals surface area contributed by atoms with Gasteiger partial charge in [0.15, 0.2) is 5.65 Å². The zero-order valence-corrected chi connectivity index (χ0v) is 16.8. The molecule has 4 rings (SSSR count). The third-order valence-corrected chi connectivity index (χ3v) is 4.37. The first-order valence-corrected chi connectivity index (χ1v) is 9.40. The van der Waals surface area contributed by atoms with Crippen molar-refractivity contribution < 1.29 is 9.13 Å². The third kappa shape index (κ3) is 4.14. The van der Waals surface area contributed by atoms with Crippen molar-refractivity contribution in [2.24, 2.45) is 0 Å². The van der Waals surface area contributed by atoms with E-state index >= 15 is 0 Å². The maximum Gasteiger partial charge on any atom is 0.263 e. The zero-order chi connectivity index (χ0) is 21.3. The van der Waals surface area contributed by atoms with E-state index in [1.54, 1.807) is 16.9 Å². The molecule has 0 aliphatic heterocycles. The second-order valence-corrected chi connectivity index (χ2v) is 7.79. The van der Waals surface area contributed by atoms with Crippen molar-refractivity contribution in [3.05, 3.63) is 70.5 Å². The number of nitrogens with zero attached hydrogens (tertiary/aromatic N) is 4. The molecular weight excluding hydrogens is 387 g/mol. The number of anilines is 1. The number of aromatic nitrogens is 5. The summed E-state index contributed by atoms with van der Waals surface area (Å²) in [4.78, 5) is 23.8. The maximum atomic E-state index is 13.0. The summed E-state index contributed by atoms with van der Waals surface area (Å²) in [5, 5.41) is 7.86. The molecule has 0 bridgehead atoms. The van der Waals surface area contributed by atoms with E-state index in [1.165, 1.54) is 30.5 Å². The fourth-order valence-corrected chi connectivity index (χ4v) is 2.92. The minimum absolute atomic E-state index is 0.256. The molecule has 0 aliphatic rings. The third-order valence-electron chi connectivity index (χ3n) is 4.37. The molecule has 30 heavy (non-hydrogen) atoms. The first kappa shape index (κ1) is 19.6. The number of hydrogen-bond acceptors (Lipinski definition) is 6. The van der Waals surface area contributed by atoms with Crippen LogP contribution < -0.4 is 15.6 Å². The van der Waals surface area contributed by atoms with Crippen LogP contribution >= 0.6 is 0 Å². The summed E-state index contributed by atoms with van der Waals surface area (Å²) in [6.07, 6.45) is 3.14. The van der Waals surface area contributed by atoms with Crippen LogP contribution in [0.5, 0.6) is 11.6 Å². The van der Waals surface area contributed by atoms with Crippen molar-refractivity contribution in [1.29, 1.82) is 0 Å². The molecule has 0 spiro atoms. The van der Waals surface area contributed by atoms with Crippen molar-refractivity contribution in [2.75, 3.05) is 5.32 Å². The van der Waals surface area contributed by atoms with Gasteiger partial charge in [0.25, 0.3) is 5.56 Å². The van der Waals surface area contributed by atoms with Gasteiger partial charge in [0, 0.05) is 18.8 Å². The average Bonchev–Trinajstić information content (AvgIpc) is 3.14. The summed E-state index contributed by atoms with van der Waals surface area (Å²) in [7, 11) is 0. The fraction of sp³-hybridized carbons (Fsp3) is 0.238. The van der Waals surface area contributed by atoms with E-state index in [0.717, 1.165) is 5.56 Å². The van der Waals surface area contributed by atoms with Crippen LogP contribution in [0.4, 0.5) is 10.3 Å². The second-order valence-electron chi connectivity index (χ2n) is 7.79. The van der Waals surface area contributed by atoms with Gasteiger partial charge in [0.1, 0.15) is 17.0 Å². The van der Waals surface area contributed by atoms with Crippen LogP contribution in [0.3, 0.4) is 0 Å². The Morgan fingerprint density at radius 2 is 1.97 bits per heavy atom. The summed E-state index contributed by atoms with van der Waals surface area (Å²) in [6.45, 7) is 6.37. The Hall–Kier alpha value is -3.75. The molecule has 3 aromatic heterocycles. The Kier molecular flexibility index (Phi) is 4.94. The zero-order valence-electron chi connectivity index (χ0n) is 16.8. The predicted octanol–water partition coefficient (Wildman–Crippen LogP) is 3.81. The highest BCUT2D eigenvalue weighted by Gasteiger charge is 2.19. The highest BCUT2D eigenvalue weighted by molar-refractivity contribution is 5.74. The van der Waals surface area contributed by atoms with Crippen LogP contribution in [-0.4, -0.2) is 24.7 Å². The Bertz CT molecular complexity index is 1240. The first-order chi connectivity index (χ1) is 14.3. The first-order valence-electron chi connectivity index (χ1n) is 9.40. The Balaban J connectivity index is 1.53. The van der Waals surface area contributed by atoms with Crippen molar-refractivity contribution >= 4 is 17.0 Å². The van der Waals surface area contributed by atoms with E-state index in [4.69, 9.17) is 4.74 Å². The highest BCUT2D eigenvalue weighted by Crippen LogP contribution is 2.21. The van der Waals surface area contributed by atoms with Crippen molar-refractivity contribution in [2.45, 2.75) is 32.9 Å². The van der Waals surface area contributed by atoms with E-state index in [2.05, 4.69) is 25.4 Å². The summed E-state index contributed by atoms with van der Waals surface area (Å²) in [5.41, 5.74) is 0.823.